The highest BCUT2D eigenvalue weighted by molar-refractivity contribution is 5.54. The molecule has 3 heterocycles. The van der Waals surface area contributed by atoms with E-state index in [1.54, 1.807) is 0 Å². The van der Waals surface area contributed by atoms with E-state index >= 15 is 0 Å². The van der Waals surface area contributed by atoms with Crippen LogP contribution in [0.25, 0.3) is 0 Å². The molecule has 7 rings (SSSR count). The fourth-order valence-electron chi connectivity index (χ4n) is 6.18. The van der Waals surface area contributed by atoms with Crippen molar-refractivity contribution >= 4 is 0 Å². The number of benzene rings is 3. The van der Waals surface area contributed by atoms with Gasteiger partial charge in [0, 0.05) is 16.7 Å². The number of allylic oxidation sites excluding steroid dienone is 2. The Bertz CT molecular complexity index is 1510. The smallest absolute Gasteiger partial charge is 0.119 e. The van der Waals surface area contributed by atoms with E-state index in [-0.39, 0.29) is 41.2 Å². The van der Waals surface area contributed by atoms with E-state index in [2.05, 4.69) is 119 Å². The zero-order valence-corrected chi connectivity index (χ0v) is 26.7. The van der Waals surface area contributed by atoms with Crippen molar-refractivity contribution in [2.45, 2.75) is 62.9 Å². The first kappa shape index (κ1) is 30.2. The van der Waals surface area contributed by atoms with Crippen LogP contribution >= 0.6 is 0 Å². The van der Waals surface area contributed by atoms with Crippen LogP contribution in [0, 0.1) is 5.92 Å². The average Bonchev–Trinajstić information content (AvgIpc) is 3.92. The Balaban J connectivity index is 1.15. The van der Waals surface area contributed by atoms with Crippen LogP contribution in [0.3, 0.4) is 0 Å². The van der Waals surface area contributed by atoms with E-state index in [1.807, 2.05) is 0 Å². The summed E-state index contributed by atoms with van der Waals surface area (Å²) in [5.41, 5.74) is 5.67. The predicted molar refractivity (Wildman–Crippen MR) is 174 cm³/mol. The highest BCUT2D eigenvalue weighted by Crippen LogP contribution is 2.43. The Hall–Kier alpha value is -3.42. The van der Waals surface area contributed by atoms with Gasteiger partial charge < -0.3 is 28.4 Å². The van der Waals surface area contributed by atoms with Crippen LogP contribution in [0.4, 0.5) is 0 Å². The maximum absolute atomic E-state index is 6.19. The largest absolute Gasteiger partial charge is 0.491 e. The van der Waals surface area contributed by atoms with Gasteiger partial charge in [-0.3, -0.25) is 0 Å². The van der Waals surface area contributed by atoms with Crippen molar-refractivity contribution in [1.29, 1.82) is 0 Å². The highest BCUT2D eigenvalue weighted by Gasteiger charge is 2.36. The number of rotatable bonds is 14. The fourth-order valence-corrected chi connectivity index (χ4v) is 6.18. The van der Waals surface area contributed by atoms with Crippen LogP contribution in [0.1, 0.15) is 49.9 Å². The molecule has 0 spiro atoms. The maximum Gasteiger partial charge on any atom is 0.119 e. The van der Waals surface area contributed by atoms with Gasteiger partial charge in [0.05, 0.1) is 32.5 Å². The summed E-state index contributed by atoms with van der Waals surface area (Å²) in [6.07, 6.45) is 7.63. The lowest BCUT2D eigenvalue weighted by molar-refractivity contribution is 0.0502. The molecule has 6 heteroatoms. The summed E-state index contributed by atoms with van der Waals surface area (Å²) in [5, 5.41) is 0. The van der Waals surface area contributed by atoms with Crippen LogP contribution in [-0.4, -0.2) is 64.1 Å². The fraction of sp³-hybridized carbons (Fsp3) is 0.436. The molecule has 0 radical (unpaired) electrons. The summed E-state index contributed by atoms with van der Waals surface area (Å²) in [4.78, 5) is 0. The van der Waals surface area contributed by atoms with E-state index in [4.69, 9.17) is 28.4 Å². The molecule has 0 aromatic heterocycles. The van der Waals surface area contributed by atoms with Crippen LogP contribution in [0.15, 0.2) is 96.6 Å². The summed E-state index contributed by atoms with van der Waals surface area (Å²) in [5.74, 6) is 1.99. The summed E-state index contributed by atoms with van der Waals surface area (Å²) in [6.45, 7) is 13.4. The standard InChI is InChI=1S/C39H44O6/c1-26-19-31(13-18-37(26)45-25-36-24-44-36)39(4,30-11-16-33(17-12-30)41-21-35-23-43-35)29-7-5-27(6-8-29)38(2,3)28-9-14-32(15-10-28)40-20-34-22-42-34/h5-19,26,34-37H,20-25H2,1-4H3. The third-order valence-corrected chi connectivity index (χ3v) is 9.75. The lowest BCUT2D eigenvalue weighted by atomic mass is 9.67. The Labute approximate surface area is 266 Å². The predicted octanol–water partition coefficient (Wildman–Crippen LogP) is 6.79. The highest BCUT2D eigenvalue weighted by atomic mass is 16.6. The van der Waals surface area contributed by atoms with Gasteiger partial charge in [0.15, 0.2) is 0 Å². The molecule has 6 unspecified atom stereocenters. The minimum absolute atomic E-state index is 0.0459. The summed E-state index contributed by atoms with van der Waals surface area (Å²) < 4.78 is 34.0. The normalized spacial score (nSPS) is 26.5. The second-order valence-corrected chi connectivity index (χ2v) is 13.5. The quantitative estimate of drug-likeness (QED) is 0.188. The molecule has 0 amide bonds. The molecule has 3 fully saturated rings. The molecule has 4 aliphatic rings. The average molecular weight is 609 g/mol. The van der Waals surface area contributed by atoms with Crippen LogP contribution in [0.2, 0.25) is 0 Å². The first-order chi connectivity index (χ1) is 21.8. The van der Waals surface area contributed by atoms with Gasteiger partial charge in [-0.2, -0.15) is 0 Å². The molecular formula is C39H44O6. The molecule has 6 nitrogen and oxygen atoms in total. The lowest BCUT2D eigenvalue weighted by Gasteiger charge is -2.37. The molecule has 1 aliphatic carbocycles. The Morgan fingerprint density at radius 1 is 0.622 bits per heavy atom. The van der Waals surface area contributed by atoms with Crippen molar-refractivity contribution in [2.24, 2.45) is 5.92 Å². The van der Waals surface area contributed by atoms with E-state index in [1.165, 1.54) is 27.8 Å². The lowest BCUT2D eigenvalue weighted by Crippen LogP contribution is -2.31. The van der Waals surface area contributed by atoms with E-state index < -0.39 is 0 Å². The van der Waals surface area contributed by atoms with Crippen molar-refractivity contribution in [3.8, 4) is 11.5 Å². The molecule has 3 aliphatic heterocycles. The maximum atomic E-state index is 6.19. The summed E-state index contributed by atoms with van der Waals surface area (Å²) in [6, 6.07) is 26.2. The Morgan fingerprint density at radius 3 is 1.51 bits per heavy atom. The second-order valence-electron chi connectivity index (χ2n) is 13.5. The molecular weight excluding hydrogens is 564 g/mol. The molecule has 3 aromatic carbocycles. The van der Waals surface area contributed by atoms with Gasteiger partial charge >= 0.3 is 0 Å². The van der Waals surface area contributed by atoms with Gasteiger partial charge in [0.1, 0.15) is 43.0 Å². The van der Waals surface area contributed by atoms with Gasteiger partial charge in [-0.05, 0) is 59.0 Å². The van der Waals surface area contributed by atoms with E-state index in [9.17, 15) is 0 Å². The minimum Gasteiger partial charge on any atom is -0.491 e. The van der Waals surface area contributed by atoms with Crippen molar-refractivity contribution in [2.75, 3.05) is 39.6 Å². The molecule has 0 N–H and O–H groups in total. The Kier molecular flexibility index (Phi) is 8.34. The topological polar surface area (TPSA) is 65.3 Å². The van der Waals surface area contributed by atoms with Gasteiger partial charge in [-0.25, -0.2) is 0 Å². The molecule has 3 aromatic rings. The first-order valence-corrected chi connectivity index (χ1v) is 16.2. The molecule has 6 atom stereocenters. The zero-order chi connectivity index (χ0) is 31.0. The van der Waals surface area contributed by atoms with E-state index in [0.29, 0.717) is 19.8 Å². The summed E-state index contributed by atoms with van der Waals surface area (Å²) >= 11 is 0. The van der Waals surface area contributed by atoms with Crippen LogP contribution in [-0.2, 0) is 29.8 Å². The third kappa shape index (κ3) is 6.90. The van der Waals surface area contributed by atoms with Crippen molar-refractivity contribution in [3.05, 3.63) is 119 Å². The van der Waals surface area contributed by atoms with Crippen LogP contribution < -0.4 is 9.47 Å². The molecule has 3 saturated heterocycles. The second kappa shape index (κ2) is 12.4. The zero-order valence-electron chi connectivity index (χ0n) is 26.7. The number of hydrogen-bond donors (Lipinski definition) is 0. The Morgan fingerprint density at radius 2 is 1.04 bits per heavy atom. The van der Waals surface area contributed by atoms with Gasteiger partial charge in [-0.1, -0.05) is 87.5 Å². The van der Waals surface area contributed by atoms with Gasteiger partial charge in [0.25, 0.3) is 0 Å². The van der Waals surface area contributed by atoms with E-state index in [0.717, 1.165) is 31.3 Å². The first-order valence-electron chi connectivity index (χ1n) is 16.2. The number of ether oxygens (including phenoxy) is 6. The molecule has 45 heavy (non-hydrogen) atoms. The third-order valence-electron chi connectivity index (χ3n) is 9.75. The number of epoxide rings is 3. The molecule has 0 bridgehead atoms. The van der Waals surface area contributed by atoms with Crippen molar-refractivity contribution < 1.29 is 28.4 Å². The molecule has 0 saturated carbocycles. The SMILES string of the molecule is CC1C=C(C(C)(c2ccc(OCC3CO3)cc2)c2ccc(C(C)(C)c3ccc(OCC4CO4)cc3)cc2)C=CC1OCC1CO1. The minimum atomic E-state index is -0.375. The van der Waals surface area contributed by atoms with Gasteiger partial charge in [0.2, 0.25) is 0 Å². The van der Waals surface area contributed by atoms with Crippen molar-refractivity contribution in [3.63, 3.8) is 0 Å². The molecule has 236 valence electrons. The van der Waals surface area contributed by atoms with Crippen molar-refractivity contribution in [1.82, 2.24) is 0 Å². The summed E-state index contributed by atoms with van der Waals surface area (Å²) in [7, 11) is 0. The van der Waals surface area contributed by atoms with Crippen LogP contribution in [0.5, 0.6) is 11.5 Å². The van der Waals surface area contributed by atoms with Gasteiger partial charge in [-0.15, -0.1) is 0 Å². The monoisotopic (exact) mass is 608 g/mol. The number of hydrogen-bond acceptors (Lipinski definition) is 6.